The second-order valence-corrected chi connectivity index (χ2v) is 10.9. The largest absolute Gasteiger partial charge is 0.416 e. The van der Waals surface area contributed by atoms with Crippen LogP contribution in [0.15, 0.2) is 52.5 Å². The van der Waals surface area contributed by atoms with Gasteiger partial charge in [0, 0.05) is 37.7 Å². The first-order valence-electron chi connectivity index (χ1n) is 12.7. The van der Waals surface area contributed by atoms with Gasteiger partial charge in [-0.2, -0.15) is 36.4 Å². The third-order valence-electron chi connectivity index (χ3n) is 7.27. The molecule has 1 fully saturated rings. The Morgan fingerprint density at radius 2 is 1.88 bits per heavy atom. The average Bonchev–Trinajstić information content (AvgIpc) is 3.53. The number of aromatic nitrogens is 2. The van der Waals surface area contributed by atoms with E-state index in [9.17, 15) is 36.2 Å². The van der Waals surface area contributed by atoms with Crippen molar-refractivity contribution in [3.05, 3.63) is 69.8 Å². The monoisotopic (exact) mass is 597 g/mol. The lowest BCUT2D eigenvalue weighted by molar-refractivity contribution is -0.143. The third-order valence-corrected chi connectivity index (χ3v) is 8.42. The van der Waals surface area contributed by atoms with Crippen molar-refractivity contribution in [2.24, 2.45) is 4.99 Å². The zero-order valence-electron chi connectivity index (χ0n) is 21.7. The number of fused-ring (bicyclic) bond motifs is 1. The lowest BCUT2D eigenvalue weighted by Crippen LogP contribution is -2.52. The van der Waals surface area contributed by atoms with Crippen LogP contribution in [0.25, 0.3) is 16.5 Å². The minimum atomic E-state index is -5.06. The number of thioether (sulfide) groups is 1. The number of carbonyl (C=O) groups excluding carboxylic acids is 1. The van der Waals surface area contributed by atoms with Gasteiger partial charge in [0.25, 0.3) is 5.91 Å². The molecule has 2 aliphatic rings. The van der Waals surface area contributed by atoms with Gasteiger partial charge in [0.15, 0.2) is 5.17 Å². The minimum Gasteiger partial charge on any atom is -0.396 e. The van der Waals surface area contributed by atoms with E-state index in [1.54, 1.807) is 18.2 Å². The van der Waals surface area contributed by atoms with Crippen LogP contribution in [-0.4, -0.2) is 75.5 Å². The quantitative estimate of drug-likeness (QED) is 0.312. The topological polar surface area (TPSA) is 84.8 Å². The van der Waals surface area contributed by atoms with E-state index in [0.29, 0.717) is 53.8 Å². The van der Waals surface area contributed by atoms with Crippen LogP contribution < -0.4 is 0 Å². The van der Waals surface area contributed by atoms with Crippen LogP contribution in [0.2, 0.25) is 0 Å². The number of amidine groups is 1. The summed E-state index contributed by atoms with van der Waals surface area (Å²) in [6, 6.07) is 6.51. The number of aromatic amines is 1. The highest BCUT2D eigenvalue weighted by Crippen LogP contribution is 2.42. The van der Waals surface area contributed by atoms with Crippen molar-refractivity contribution in [2.45, 2.75) is 31.2 Å². The summed E-state index contributed by atoms with van der Waals surface area (Å²) in [6.07, 6.45) is -8.42. The highest BCUT2D eigenvalue weighted by Gasteiger charge is 2.39. The molecule has 7 nitrogen and oxygen atoms in total. The number of aliphatic hydroxyl groups is 1. The SMILES string of the molecule is CN1CCN(C2=NC(=O)C(=C(Cc3ccc(C(F)(F)F)cc3C(F)(F)F)c3ccc4[nH]ncc4c3)S2)CC1CCO. The molecule has 14 heteroatoms. The van der Waals surface area contributed by atoms with Gasteiger partial charge in [-0.3, -0.25) is 14.8 Å². The molecule has 41 heavy (non-hydrogen) atoms. The molecule has 0 saturated carbocycles. The highest BCUT2D eigenvalue weighted by atomic mass is 32.2. The number of likely N-dealkylation sites (N-methyl/N-ethyl adjacent to an activating group) is 1. The van der Waals surface area contributed by atoms with Gasteiger partial charge < -0.3 is 10.0 Å². The van der Waals surface area contributed by atoms with Gasteiger partial charge in [-0.15, -0.1) is 0 Å². The average molecular weight is 598 g/mol. The number of aliphatic hydroxyl groups excluding tert-OH is 1. The van der Waals surface area contributed by atoms with Crippen LogP contribution in [-0.2, 0) is 23.6 Å². The molecular weight excluding hydrogens is 572 g/mol. The first-order valence-corrected chi connectivity index (χ1v) is 13.5. The summed E-state index contributed by atoms with van der Waals surface area (Å²) in [5.41, 5.74) is -1.92. The summed E-state index contributed by atoms with van der Waals surface area (Å²) in [7, 11) is 1.93. The standard InChI is InChI=1S/C27H25F6N5O2S/c1-37-7-8-38(14-19(37)6-9-39)25-35-24(40)23(41-25)20(15-3-5-22-17(10-15)13-34-36-22)11-16-2-4-18(26(28,29)30)12-21(16)27(31,32)33/h2-5,10,12-13,19,39H,6-9,11,14H2,1H3,(H,34,36). The summed E-state index contributed by atoms with van der Waals surface area (Å²) in [5, 5.41) is 17.2. The Labute approximate surface area is 234 Å². The fourth-order valence-corrected chi connectivity index (χ4v) is 6.06. The Hall–Kier alpha value is -3.36. The number of nitrogens with one attached hydrogen (secondary N) is 1. The number of carbonyl (C=O) groups is 1. The molecule has 1 atom stereocenters. The number of allylic oxidation sites excluding steroid dienone is 1. The Morgan fingerprint density at radius 3 is 2.59 bits per heavy atom. The second kappa shape index (κ2) is 11.1. The Morgan fingerprint density at radius 1 is 1.10 bits per heavy atom. The summed E-state index contributed by atoms with van der Waals surface area (Å²) < 4.78 is 81.9. The molecule has 0 bridgehead atoms. The number of hydrogen-bond acceptors (Lipinski definition) is 6. The summed E-state index contributed by atoms with van der Waals surface area (Å²) in [4.78, 5) is 21.6. The molecule has 218 valence electrons. The van der Waals surface area contributed by atoms with E-state index in [2.05, 4.69) is 20.1 Å². The number of aliphatic imine (C=N–C) groups is 1. The third kappa shape index (κ3) is 6.14. The van der Waals surface area contributed by atoms with E-state index in [0.717, 1.165) is 17.8 Å². The molecule has 5 rings (SSSR count). The predicted molar refractivity (Wildman–Crippen MR) is 143 cm³/mol. The molecule has 2 aromatic carbocycles. The molecule has 0 radical (unpaired) electrons. The number of piperazine rings is 1. The van der Waals surface area contributed by atoms with Crippen molar-refractivity contribution in [1.82, 2.24) is 20.0 Å². The number of hydrogen-bond donors (Lipinski definition) is 2. The first kappa shape index (κ1) is 29.1. The summed E-state index contributed by atoms with van der Waals surface area (Å²) in [5.74, 6) is -0.634. The van der Waals surface area contributed by atoms with Crippen molar-refractivity contribution in [3.8, 4) is 0 Å². The molecule has 1 unspecified atom stereocenters. The van der Waals surface area contributed by atoms with Crippen molar-refractivity contribution in [1.29, 1.82) is 0 Å². The van der Waals surface area contributed by atoms with Gasteiger partial charge in [-0.05, 0) is 72.6 Å². The van der Waals surface area contributed by atoms with Gasteiger partial charge >= 0.3 is 12.4 Å². The van der Waals surface area contributed by atoms with Gasteiger partial charge in [-0.25, -0.2) is 0 Å². The van der Waals surface area contributed by atoms with Crippen LogP contribution in [0.5, 0.6) is 0 Å². The maximum absolute atomic E-state index is 14.0. The maximum Gasteiger partial charge on any atom is 0.416 e. The smallest absolute Gasteiger partial charge is 0.396 e. The molecule has 3 heterocycles. The van der Waals surface area contributed by atoms with E-state index in [-0.39, 0.29) is 29.2 Å². The molecule has 0 aliphatic carbocycles. The number of H-pyrrole nitrogens is 1. The number of benzene rings is 2. The van der Waals surface area contributed by atoms with E-state index in [1.807, 2.05) is 11.9 Å². The van der Waals surface area contributed by atoms with Crippen LogP contribution in [0.1, 0.15) is 28.7 Å². The number of alkyl halides is 6. The van der Waals surface area contributed by atoms with Crippen molar-refractivity contribution >= 4 is 39.3 Å². The van der Waals surface area contributed by atoms with E-state index >= 15 is 0 Å². The maximum atomic E-state index is 14.0. The normalized spacial score (nSPS) is 20.2. The molecule has 2 aliphatic heterocycles. The van der Waals surface area contributed by atoms with E-state index in [1.165, 1.54) is 6.20 Å². The Kier molecular flexibility index (Phi) is 7.92. The number of nitrogens with zero attached hydrogens (tertiary/aromatic N) is 4. The van der Waals surface area contributed by atoms with Gasteiger partial charge in [-0.1, -0.05) is 12.1 Å². The molecule has 1 amide bonds. The molecular formula is C27H25F6N5O2S. The first-order chi connectivity index (χ1) is 19.3. The van der Waals surface area contributed by atoms with Crippen LogP contribution in [0, 0.1) is 0 Å². The lowest BCUT2D eigenvalue weighted by Gasteiger charge is -2.39. The minimum absolute atomic E-state index is 0.0120. The number of rotatable bonds is 5. The Bertz CT molecular complexity index is 1530. The zero-order chi connectivity index (χ0) is 29.5. The van der Waals surface area contributed by atoms with E-state index < -0.39 is 41.4 Å². The molecule has 2 N–H and O–H groups in total. The van der Waals surface area contributed by atoms with Crippen molar-refractivity contribution < 1.29 is 36.2 Å². The summed E-state index contributed by atoms with van der Waals surface area (Å²) in [6.45, 7) is 1.69. The van der Waals surface area contributed by atoms with Crippen LogP contribution in [0.3, 0.4) is 0 Å². The van der Waals surface area contributed by atoms with E-state index in [4.69, 9.17) is 0 Å². The fraction of sp³-hybridized carbons (Fsp3) is 0.370. The zero-order valence-corrected chi connectivity index (χ0v) is 22.5. The van der Waals surface area contributed by atoms with Crippen molar-refractivity contribution in [2.75, 3.05) is 33.3 Å². The highest BCUT2D eigenvalue weighted by molar-refractivity contribution is 8.18. The van der Waals surface area contributed by atoms with Gasteiger partial charge in [0.1, 0.15) is 0 Å². The van der Waals surface area contributed by atoms with Gasteiger partial charge in [0.05, 0.1) is 27.7 Å². The van der Waals surface area contributed by atoms with Crippen molar-refractivity contribution in [3.63, 3.8) is 0 Å². The molecule has 1 aromatic heterocycles. The molecule has 3 aromatic rings. The molecule has 1 saturated heterocycles. The summed E-state index contributed by atoms with van der Waals surface area (Å²) >= 11 is 1.04. The number of amides is 1. The van der Waals surface area contributed by atoms with Crippen LogP contribution >= 0.6 is 11.8 Å². The van der Waals surface area contributed by atoms with Gasteiger partial charge in [0.2, 0.25) is 0 Å². The fourth-order valence-electron chi connectivity index (χ4n) is 5.01. The second-order valence-electron chi connectivity index (χ2n) is 9.92. The molecule has 0 spiro atoms. The lowest BCUT2D eigenvalue weighted by atomic mass is 9.92. The Balaban J connectivity index is 1.57. The predicted octanol–water partition coefficient (Wildman–Crippen LogP) is 5.18. The van der Waals surface area contributed by atoms with Crippen LogP contribution in [0.4, 0.5) is 26.3 Å². The number of halogens is 6.